The van der Waals surface area contributed by atoms with Gasteiger partial charge in [0.1, 0.15) is 8.80 Å². The first-order valence-electron chi connectivity index (χ1n) is 7.71. The van der Waals surface area contributed by atoms with E-state index in [0.29, 0.717) is 0 Å². The highest BCUT2D eigenvalue weighted by atomic mass is 28.3. The third-order valence-corrected chi connectivity index (χ3v) is 6.19. The summed E-state index contributed by atoms with van der Waals surface area (Å²) in [5.74, 6) is 0. The quantitative estimate of drug-likeness (QED) is 0.710. The summed E-state index contributed by atoms with van der Waals surface area (Å²) >= 11 is 0. The van der Waals surface area contributed by atoms with Crippen LogP contribution in [0.15, 0.2) is 72.4 Å². The molecular weight excluding hydrogens is 270 g/mol. The van der Waals surface area contributed by atoms with Gasteiger partial charge < -0.3 is 4.90 Å². The van der Waals surface area contributed by atoms with Gasteiger partial charge >= 0.3 is 0 Å². The summed E-state index contributed by atoms with van der Waals surface area (Å²) < 4.78 is 0. The smallest absolute Gasteiger partial charge is 0.146 e. The lowest BCUT2D eigenvalue weighted by Gasteiger charge is -2.16. The molecule has 0 N–H and O–H groups in total. The number of likely N-dealkylation sites (N-methyl/N-ethyl adjacent to an activating group) is 1. The Kier molecular flexibility index (Phi) is 6.45. The van der Waals surface area contributed by atoms with Crippen LogP contribution < -0.4 is 10.4 Å². The number of hydrogen-bond donors (Lipinski definition) is 0. The molecule has 0 amide bonds. The summed E-state index contributed by atoms with van der Waals surface area (Å²) in [5.41, 5.74) is 2.44. The van der Waals surface area contributed by atoms with Crippen molar-refractivity contribution >= 4 is 19.2 Å². The lowest BCUT2D eigenvalue weighted by molar-refractivity contribution is 0.337. The van der Waals surface area contributed by atoms with Crippen molar-refractivity contribution in [2.45, 2.75) is 13.8 Å². The van der Waals surface area contributed by atoms with Crippen LogP contribution in [0, 0.1) is 0 Å². The van der Waals surface area contributed by atoms with E-state index in [4.69, 9.17) is 0 Å². The Balaban J connectivity index is 2.19. The van der Waals surface area contributed by atoms with Crippen LogP contribution >= 0.6 is 0 Å². The number of benzene rings is 2. The van der Waals surface area contributed by atoms with Crippen molar-refractivity contribution in [2.24, 2.45) is 0 Å². The Morgan fingerprint density at radius 1 is 0.810 bits per heavy atom. The van der Waals surface area contributed by atoms with Crippen LogP contribution in [0.2, 0.25) is 0 Å². The van der Waals surface area contributed by atoms with E-state index in [9.17, 15) is 0 Å². The molecule has 0 aromatic heterocycles. The van der Waals surface area contributed by atoms with Crippen molar-refractivity contribution < 1.29 is 0 Å². The van der Waals surface area contributed by atoms with Crippen molar-refractivity contribution in [3.05, 3.63) is 72.4 Å². The minimum atomic E-state index is -0.819. The fourth-order valence-electron chi connectivity index (χ4n) is 2.40. The van der Waals surface area contributed by atoms with Gasteiger partial charge in [0, 0.05) is 6.54 Å². The maximum Gasteiger partial charge on any atom is 0.146 e. The van der Waals surface area contributed by atoms with Crippen LogP contribution in [0.25, 0.3) is 0 Å². The van der Waals surface area contributed by atoms with Gasteiger partial charge in [-0.25, -0.2) is 0 Å². The first-order valence-corrected chi connectivity index (χ1v) is 9.29. The lowest BCUT2D eigenvalue weighted by atomic mass is 10.4. The third-order valence-electron chi connectivity index (χ3n) is 3.71. The molecule has 2 aromatic carbocycles. The molecule has 0 spiro atoms. The molecule has 0 saturated carbocycles. The molecule has 2 rings (SSSR count). The number of hydrogen-bond acceptors (Lipinski definition) is 1. The number of rotatable bonds is 7. The normalized spacial score (nSPS) is 11.6. The Bertz CT molecular complexity index is 493. The highest BCUT2D eigenvalue weighted by molar-refractivity contribution is 6.89. The molecule has 0 heterocycles. The molecule has 0 bridgehead atoms. The fraction of sp³-hybridized carbons (Fsp3) is 0.263. The zero-order valence-corrected chi connectivity index (χ0v) is 14.0. The second-order valence-electron chi connectivity index (χ2n) is 5.03. The van der Waals surface area contributed by atoms with Crippen LogP contribution in [-0.2, 0) is 0 Å². The molecule has 2 aromatic rings. The topological polar surface area (TPSA) is 3.24 Å². The van der Waals surface area contributed by atoms with Gasteiger partial charge in [-0.1, -0.05) is 96.7 Å². The average molecular weight is 294 g/mol. The van der Waals surface area contributed by atoms with Gasteiger partial charge in [0.2, 0.25) is 0 Å². The molecule has 0 aliphatic rings. The second-order valence-corrected chi connectivity index (χ2v) is 7.35. The van der Waals surface area contributed by atoms with Gasteiger partial charge in [-0.3, -0.25) is 0 Å². The molecule has 0 aliphatic carbocycles. The average Bonchev–Trinajstić information content (AvgIpc) is 2.57. The molecule has 109 valence electrons. The number of nitrogens with zero attached hydrogens (tertiary/aromatic N) is 1. The van der Waals surface area contributed by atoms with Crippen LogP contribution in [0.4, 0.5) is 0 Å². The highest BCUT2D eigenvalue weighted by Crippen LogP contribution is 1.96. The zero-order valence-electron chi connectivity index (χ0n) is 13.0. The standard InChI is InChI=1S/C19H24NSi/c1-3-20(4-2)16-11-17-21(18-12-7-5-8-13-18)19-14-9-6-10-15-19/h5-15,17H,3-4,16H2,1-2H3/b17-11+. The van der Waals surface area contributed by atoms with Crippen LogP contribution in [0.5, 0.6) is 0 Å². The van der Waals surface area contributed by atoms with Crippen molar-refractivity contribution in [1.82, 2.24) is 4.90 Å². The van der Waals surface area contributed by atoms with Crippen LogP contribution in [0.1, 0.15) is 13.8 Å². The molecule has 0 fully saturated rings. The van der Waals surface area contributed by atoms with Gasteiger partial charge in [-0.2, -0.15) is 0 Å². The van der Waals surface area contributed by atoms with E-state index in [1.54, 1.807) is 0 Å². The highest BCUT2D eigenvalue weighted by Gasteiger charge is 2.12. The molecule has 0 atom stereocenters. The van der Waals surface area contributed by atoms with Gasteiger partial charge in [0.15, 0.2) is 0 Å². The second kappa shape index (κ2) is 8.60. The molecule has 0 aliphatic heterocycles. The Labute approximate surface area is 130 Å². The van der Waals surface area contributed by atoms with E-state index in [2.05, 4.69) is 91.2 Å². The van der Waals surface area contributed by atoms with E-state index >= 15 is 0 Å². The third kappa shape index (κ3) is 4.69. The van der Waals surface area contributed by atoms with Gasteiger partial charge in [0.05, 0.1) is 0 Å². The van der Waals surface area contributed by atoms with Crippen LogP contribution in [0.3, 0.4) is 0 Å². The Hall–Kier alpha value is -1.64. The van der Waals surface area contributed by atoms with Gasteiger partial charge in [-0.05, 0) is 13.1 Å². The first-order chi connectivity index (χ1) is 10.3. The molecular formula is C19H24NSi. The molecule has 0 saturated heterocycles. The Morgan fingerprint density at radius 3 is 1.71 bits per heavy atom. The van der Waals surface area contributed by atoms with Crippen molar-refractivity contribution in [3.63, 3.8) is 0 Å². The lowest BCUT2D eigenvalue weighted by Crippen LogP contribution is -2.40. The van der Waals surface area contributed by atoms with Crippen LogP contribution in [-0.4, -0.2) is 33.3 Å². The largest absolute Gasteiger partial charge is 0.300 e. The summed E-state index contributed by atoms with van der Waals surface area (Å²) in [6.45, 7) is 7.70. The predicted molar refractivity (Wildman–Crippen MR) is 94.8 cm³/mol. The van der Waals surface area contributed by atoms with Crippen molar-refractivity contribution in [3.8, 4) is 0 Å². The van der Waals surface area contributed by atoms with Gasteiger partial charge in [-0.15, -0.1) is 0 Å². The molecule has 1 nitrogen and oxygen atoms in total. The minimum absolute atomic E-state index is 0.819. The van der Waals surface area contributed by atoms with E-state index in [0.717, 1.165) is 19.6 Å². The van der Waals surface area contributed by atoms with E-state index < -0.39 is 8.80 Å². The molecule has 0 unspecified atom stereocenters. The molecule has 21 heavy (non-hydrogen) atoms. The summed E-state index contributed by atoms with van der Waals surface area (Å²) in [6, 6.07) is 21.8. The summed E-state index contributed by atoms with van der Waals surface area (Å²) in [7, 11) is -0.819. The molecule has 1 radical (unpaired) electrons. The maximum absolute atomic E-state index is 2.44. The predicted octanol–water partition coefficient (Wildman–Crippen LogP) is 2.73. The first kappa shape index (κ1) is 15.7. The Morgan fingerprint density at radius 2 is 1.29 bits per heavy atom. The minimum Gasteiger partial charge on any atom is -0.300 e. The molecule has 2 heteroatoms. The van der Waals surface area contributed by atoms with E-state index in [-0.39, 0.29) is 0 Å². The van der Waals surface area contributed by atoms with Gasteiger partial charge in [0.25, 0.3) is 0 Å². The summed E-state index contributed by atoms with van der Waals surface area (Å²) in [6.07, 6.45) is 2.35. The SMILES string of the molecule is CCN(CC)C/C=C/[Si](c1ccccc1)c1ccccc1. The summed E-state index contributed by atoms with van der Waals surface area (Å²) in [5, 5.41) is 2.90. The van der Waals surface area contributed by atoms with E-state index in [1.807, 2.05) is 0 Å². The maximum atomic E-state index is 2.44. The monoisotopic (exact) mass is 294 g/mol. The van der Waals surface area contributed by atoms with Crippen molar-refractivity contribution in [2.75, 3.05) is 19.6 Å². The fourth-order valence-corrected chi connectivity index (χ4v) is 4.56. The van der Waals surface area contributed by atoms with E-state index in [1.165, 1.54) is 10.4 Å². The van der Waals surface area contributed by atoms with Crippen molar-refractivity contribution in [1.29, 1.82) is 0 Å². The summed E-state index contributed by atoms with van der Waals surface area (Å²) in [4.78, 5) is 2.44. The zero-order chi connectivity index (χ0) is 14.9.